The van der Waals surface area contributed by atoms with Crippen molar-refractivity contribution in [3.8, 4) is 0 Å². The van der Waals surface area contributed by atoms with E-state index in [2.05, 4.69) is 15.2 Å². The number of benzene rings is 1. The summed E-state index contributed by atoms with van der Waals surface area (Å²) >= 11 is 0. The van der Waals surface area contributed by atoms with Gasteiger partial charge in [-0.05, 0) is 31.1 Å². The zero-order valence-corrected chi connectivity index (χ0v) is 15.4. The fraction of sp³-hybridized carbons (Fsp3) is 0.368. The molecule has 0 spiro atoms. The summed E-state index contributed by atoms with van der Waals surface area (Å²) in [5.74, 6) is -0.241. The first kappa shape index (κ1) is 20.7. The number of nitrogens with zero attached hydrogens (tertiary/aromatic N) is 2. The molecule has 1 amide bonds. The summed E-state index contributed by atoms with van der Waals surface area (Å²) in [6.07, 6.45) is -1.14. The first-order valence-corrected chi connectivity index (χ1v) is 8.34. The molecule has 5 nitrogen and oxygen atoms in total. The zero-order chi connectivity index (χ0) is 20.0. The van der Waals surface area contributed by atoms with Crippen molar-refractivity contribution in [3.63, 3.8) is 0 Å². The number of alkyl halides is 3. The standard InChI is InChI=1S/C19H22F3N3O2/c1-13-17(14(2)25(3)24-13)8-9-18(26)23-10-15-4-6-16(7-5-15)11-27-12-19(20,21)22/h4-9H,10-12H2,1-3H3,(H,23,26)/b9-8+. The van der Waals surface area contributed by atoms with Crippen LogP contribution in [0.15, 0.2) is 30.3 Å². The Kier molecular flexibility index (Phi) is 6.79. The maximum absolute atomic E-state index is 12.0. The second-order valence-corrected chi connectivity index (χ2v) is 6.18. The predicted octanol–water partition coefficient (Wildman–Crippen LogP) is 3.45. The summed E-state index contributed by atoms with van der Waals surface area (Å²) in [6, 6.07) is 6.84. The van der Waals surface area contributed by atoms with Crippen molar-refractivity contribution in [1.82, 2.24) is 15.1 Å². The molecule has 0 radical (unpaired) electrons. The molecule has 0 saturated carbocycles. The highest BCUT2D eigenvalue weighted by molar-refractivity contribution is 5.91. The molecule has 1 N–H and O–H groups in total. The van der Waals surface area contributed by atoms with Crippen molar-refractivity contribution in [2.45, 2.75) is 33.2 Å². The normalized spacial score (nSPS) is 11.9. The fourth-order valence-electron chi connectivity index (χ4n) is 2.48. The number of aromatic nitrogens is 2. The van der Waals surface area contributed by atoms with Gasteiger partial charge in [0, 0.05) is 30.9 Å². The number of carbonyl (C=O) groups is 1. The largest absolute Gasteiger partial charge is 0.411 e. The van der Waals surface area contributed by atoms with Crippen LogP contribution in [-0.2, 0) is 29.7 Å². The van der Waals surface area contributed by atoms with E-state index in [0.29, 0.717) is 12.1 Å². The first-order chi connectivity index (χ1) is 12.7. The highest BCUT2D eigenvalue weighted by atomic mass is 19.4. The third-order valence-electron chi connectivity index (χ3n) is 3.99. The third-order valence-corrected chi connectivity index (χ3v) is 3.99. The molecular weight excluding hydrogens is 359 g/mol. The maximum Gasteiger partial charge on any atom is 0.411 e. The van der Waals surface area contributed by atoms with E-state index >= 15 is 0 Å². The molecule has 0 aliphatic rings. The number of halogens is 3. The molecule has 2 aromatic rings. The summed E-state index contributed by atoms with van der Waals surface area (Å²) in [4.78, 5) is 12.0. The zero-order valence-electron chi connectivity index (χ0n) is 15.4. The van der Waals surface area contributed by atoms with Crippen molar-refractivity contribution in [1.29, 1.82) is 0 Å². The van der Waals surface area contributed by atoms with Gasteiger partial charge in [0.1, 0.15) is 6.61 Å². The Morgan fingerprint density at radius 3 is 2.41 bits per heavy atom. The average molecular weight is 381 g/mol. The Labute approximate surface area is 155 Å². The highest BCUT2D eigenvalue weighted by Gasteiger charge is 2.27. The number of nitrogens with one attached hydrogen (secondary N) is 1. The van der Waals surface area contributed by atoms with Crippen LogP contribution in [0.2, 0.25) is 0 Å². The van der Waals surface area contributed by atoms with E-state index in [4.69, 9.17) is 0 Å². The molecular formula is C19H22F3N3O2. The van der Waals surface area contributed by atoms with Gasteiger partial charge in [-0.3, -0.25) is 9.48 Å². The number of hydrogen-bond donors (Lipinski definition) is 1. The van der Waals surface area contributed by atoms with Crippen LogP contribution in [0, 0.1) is 13.8 Å². The van der Waals surface area contributed by atoms with Crippen molar-refractivity contribution < 1.29 is 22.7 Å². The number of carbonyl (C=O) groups excluding carboxylic acids is 1. The highest BCUT2D eigenvalue weighted by Crippen LogP contribution is 2.16. The van der Waals surface area contributed by atoms with Crippen molar-refractivity contribution in [2.75, 3.05) is 6.61 Å². The van der Waals surface area contributed by atoms with Crippen LogP contribution < -0.4 is 5.32 Å². The van der Waals surface area contributed by atoms with Gasteiger partial charge in [0.05, 0.1) is 12.3 Å². The number of aryl methyl sites for hydroxylation is 2. The maximum atomic E-state index is 12.0. The average Bonchev–Trinajstić information content (AvgIpc) is 2.83. The Bertz CT molecular complexity index is 809. The molecule has 0 fully saturated rings. The predicted molar refractivity (Wildman–Crippen MR) is 95.7 cm³/mol. The summed E-state index contributed by atoms with van der Waals surface area (Å²) in [5.41, 5.74) is 4.21. The van der Waals surface area contributed by atoms with Gasteiger partial charge in [0.15, 0.2) is 0 Å². The Hall–Kier alpha value is -2.61. The lowest BCUT2D eigenvalue weighted by Crippen LogP contribution is -2.20. The third kappa shape index (κ3) is 6.56. The lowest BCUT2D eigenvalue weighted by atomic mass is 10.1. The van der Waals surface area contributed by atoms with Crippen LogP contribution >= 0.6 is 0 Å². The van der Waals surface area contributed by atoms with Gasteiger partial charge < -0.3 is 10.1 Å². The van der Waals surface area contributed by atoms with Gasteiger partial charge in [-0.2, -0.15) is 18.3 Å². The molecule has 0 bridgehead atoms. The van der Waals surface area contributed by atoms with Crippen molar-refractivity contribution in [2.24, 2.45) is 7.05 Å². The topological polar surface area (TPSA) is 56.2 Å². The van der Waals surface area contributed by atoms with Gasteiger partial charge in [-0.25, -0.2) is 0 Å². The van der Waals surface area contributed by atoms with Crippen molar-refractivity contribution >= 4 is 12.0 Å². The van der Waals surface area contributed by atoms with Crippen LogP contribution in [0.4, 0.5) is 13.2 Å². The minimum absolute atomic E-state index is 0.112. The van der Waals surface area contributed by atoms with Crippen LogP contribution in [0.25, 0.3) is 6.08 Å². The van der Waals surface area contributed by atoms with Gasteiger partial charge in [0.25, 0.3) is 0 Å². The number of ether oxygens (including phenoxy) is 1. The number of amides is 1. The Balaban J connectivity index is 1.82. The SMILES string of the molecule is Cc1nn(C)c(C)c1/C=C/C(=O)NCc1ccc(COCC(F)(F)F)cc1. The van der Waals surface area contributed by atoms with Gasteiger partial charge in [0.2, 0.25) is 5.91 Å². The number of rotatable bonds is 7. The monoisotopic (exact) mass is 381 g/mol. The van der Waals surface area contributed by atoms with Crippen LogP contribution in [0.5, 0.6) is 0 Å². The van der Waals surface area contributed by atoms with Gasteiger partial charge in [-0.1, -0.05) is 24.3 Å². The molecule has 0 aliphatic carbocycles. The minimum atomic E-state index is -4.33. The lowest BCUT2D eigenvalue weighted by Gasteiger charge is -2.08. The van der Waals surface area contributed by atoms with Gasteiger partial charge in [-0.15, -0.1) is 0 Å². The van der Waals surface area contributed by atoms with E-state index in [-0.39, 0.29) is 12.5 Å². The van der Waals surface area contributed by atoms with E-state index in [9.17, 15) is 18.0 Å². The second-order valence-electron chi connectivity index (χ2n) is 6.18. The van der Waals surface area contributed by atoms with Crippen LogP contribution in [0.3, 0.4) is 0 Å². The lowest BCUT2D eigenvalue weighted by molar-refractivity contribution is -0.176. The summed E-state index contributed by atoms with van der Waals surface area (Å²) < 4.78 is 42.5. The summed E-state index contributed by atoms with van der Waals surface area (Å²) in [7, 11) is 1.84. The molecule has 1 aromatic heterocycles. The van der Waals surface area contributed by atoms with Crippen LogP contribution in [-0.4, -0.2) is 28.5 Å². The van der Waals surface area contributed by atoms with E-state index in [0.717, 1.165) is 22.5 Å². The Morgan fingerprint density at radius 1 is 1.22 bits per heavy atom. The van der Waals surface area contributed by atoms with Gasteiger partial charge >= 0.3 is 6.18 Å². The summed E-state index contributed by atoms with van der Waals surface area (Å²) in [6.45, 7) is 2.74. The molecule has 0 atom stereocenters. The molecule has 2 rings (SSSR count). The Morgan fingerprint density at radius 2 is 1.85 bits per heavy atom. The van der Waals surface area contributed by atoms with E-state index in [1.807, 2.05) is 20.9 Å². The molecule has 8 heteroatoms. The van der Waals surface area contributed by atoms with E-state index in [1.165, 1.54) is 6.08 Å². The number of hydrogen-bond acceptors (Lipinski definition) is 3. The van der Waals surface area contributed by atoms with Crippen LogP contribution in [0.1, 0.15) is 28.1 Å². The molecule has 27 heavy (non-hydrogen) atoms. The summed E-state index contributed by atoms with van der Waals surface area (Å²) in [5, 5.41) is 7.05. The van der Waals surface area contributed by atoms with E-state index in [1.54, 1.807) is 35.0 Å². The molecule has 146 valence electrons. The first-order valence-electron chi connectivity index (χ1n) is 8.34. The molecule has 0 aliphatic heterocycles. The smallest absolute Gasteiger partial charge is 0.367 e. The molecule has 0 unspecified atom stereocenters. The fourth-order valence-corrected chi connectivity index (χ4v) is 2.48. The van der Waals surface area contributed by atoms with Crippen molar-refractivity contribution in [3.05, 3.63) is 58.4 Å². The molecule has 1 aromatic carbocycles. The quantitative estimate of drug-likeness (QED) is 0.748. The molecule has 0 saturated heterocycles. The minimum Gasteiger partial charge on any atom is -0.367 e. The van der Waals surface area contributed by atoms with E-state index < -0.39 is 12.8 Å². The molecule has 1 heterocycles. The second kappa shape index (κ2) is 8.85.